The Hall–Kier alpha value is -3.83. The van der Waals surface area contributed by atoms with Crippen molar-refractivity contribution in [3.8, 4) is 0 Å². The molecule has 1 amide bonds. The Morgan fingerprint density at radius 2 is 1.44 bits per heavy atom. The number of aryl methyl sites for hydroxylation is 5. The smallest absolute Gasteiger partial charge is 0.227 e. The van der Waals surface area contributed by atoms with Crippen LogP contribution in [0, 0.1) is 34.6 Å². The number of pyridine rings is 2. The second-order valence-electron chi connectivity index (χ2n) is 12.4. The van der Waals surface area contributed by atoms with Crippen LogP contribution in [-0.2, 0) is 17.9 Å². The van der Waals surface area contributed by atoms with Gasteiger partial charge in [-0.3, -0.25) is 19.7 Å². The van der Waals surface area contributed by atoms with Gasteiger partial charge >= 0.3 is 0 Å². The van der Waals surface area contributed by atoms with Crippen LogP contribution < -0.4 is 5.32 Å². The lowest BCUT2D eigenvalue weighted by Crippen LogP contribution is -2.37. The summed E-state index contributed by atoms with van der Waals surface area (Å²) in [6, 6.07) is 21.7. The normalized spacial score (nSPS) is 17.9. The van der Waals surface area contributed by atoms with E-state index in [2.05, 4.69) is 82.1 Å². The van der Waals surface area contributed by atoms with Gasteiger partial charge in [-0.25, -0.2) is 0 Å². The minimum Gasteiger partial charge on any atom is -0.351 e. The minimum atomic E-state index is -0.132. The van der Waals surface area contributed by atoms with Gasteiger partial charge in [-0.05, 0) is 105 Å². The van der Waals surface area contributed by atoms with E-state index in [-0.39, 0.29) is 23.9 Å². The van der Waals surface area contributed by atoms with E-state index in [1.807, 2.05) is 42.7 Å². The van der Waals surface area contributed by atoms with Crippen molar-refractivity contribution in [3.63, 3.8) is 0 Å². The van der Waals surface area contributed by atoms with Crippen molar-refractivity contribution in [1.29, 1.82) is 0 Å². The molecule has 43 heavy (non-hydrogen) atoms. The molecule has 4 aromatic rings. The second kappa shape index (κ2) is 13.6. The van der Waals surface area contributed by atoms with Crippen LogP contribution in [0.3, 0.4) is 0 Å². The molecule has 0 aliphatic carbocycles. The molecular formula is C38H46N4O. The Bertz CT molecular complexity index is 1500. The lowest BCUT2D eigenvalue weighted by atomic mass is 9.87. The Morgan fingerprint density at radius 1 is 0.837 bits per heavy atom. The van der Waals surface area contributed by atoms with Crippen LogP contribution in [0.5, 0.6) is 0 Å². The van der Waals surface area contributed by atoms with Gasteiger partial charge in [-0.15, -0.1) is 0 Å². The Kier molecular flexibility index (Phi) is 9.72. The highest BCUT2D eigenvalue weighted by atomic mass is 16.1. The lowest BCUT2D eigenvalue weighted by Gasteiger charge is -2.43. The van der Waals surface area contributed by atoms with Gasteiger partial charge in [0.05, 0.1) is 29.4 Å². The first kappa shape index (κ1) is 30.6. The fourth-order valence-corrected chi connectivity index (χ4v) is 6.82. The molecule has 3 unspecified atom stereocenters. The molecule has 5 nitrogen and oxygen atoms in total. The Balaban J connectivity index is 1.39. The molecule has 5 rings (SSSR count). The molecule has 3 heterocycles. The number of rotatable bonds is 9. The standard InChI is InChI=1S/C38H46N4O/c1-7-33(31-12-9-8-10-13-31)38(43)41-23-30-16-17-32(27(4)20-30)24-42-34(36-28(5)18-25(2)21-39-36)14-11-15-35(42)37-29(6)19-26(3)22-40-37/h8-10,12-13,16-22,33-35H,7,11,14-15,23-24H2,1-6H3,(H,41,43). The number of likely N-dealkylation sites (tertiary alicyclic amines) is 1. The molecule has 0 bridgehead atoms. The molecule has 1 fully saturated rings. The summed E-state index contributed by atoms with van der Waals surface area (Å²) < 4.78 is 0. The summed E-state index contributed by atoms with van der Waals surface area (Å²) in [5, 5.41) is 3.19. The van der Waals surface area contributed by atoms with E-state index in [1.54, 1.807) is 0 Å². The number of hydrogen-bond acceptors (Lipinski definition) is 4. The third-order valence-corrected chi connectivity index (χ3v) is 9.05. The quantitative estimate of drug-likeness (QED) is 0.218. The molecule has 0 radical (unpaired) electrons. The zero-order valence-electron chi connectivity index (χ0n) is 26.7. The van der Waals surface area contributed by atoms with Crippen LogP contribution in [0.25, 0.3) is 0 Å². The summed E-state index contributed by atoms with van der Waals surface area (Å²) in [6.45, 7) is 14.2. The molecule has 1 aliphatic heterocycles. The first-order valence-corrected chi connectivity index (χ1v) is 15.8. The third-order valence-electron chi connectivity index (χ3n) is 9.05. The molecule has 2 aromatic heterocycles. The van der Waals surface area contributed by atoms with Gasteiger partial charge in [0.2, 0.25) is 5.91 Å². The summed E-state index contributed by atoms with van der Waals surface area (Å²) in [7, 11) is 0. The van der Waals surface area contributed by atoms with Crippen LogP contribution in [0.1, 0.15) is 107 Å². The van der Waals surface area contributed by atoms with Crippen LogP contribution in [-0.4, -0.2) is 20.8 Å². The lowest BCUT2D eigenvalue weighted by molar-refractivity contribution is -0.122. The van der Waals surface area contributed by atoms with Crippen molar-refractivity contribution in [2.45, 2.75) is 98.3 Å². The number of nitrogens with zero attached hydrogens (tertiary/aromatic N) is 3. The van der Waals surface area contributed by atoms with E-state index in [0.717, 1.165) is 43.4 Å². The minimum absolute atomic E-state index is 0.0800. The first-order valence-electron chi connectivity index (χ1n) is 15.8. The van der Waals surface area contributed by atoms with Gasteiger partial charge in [0, 0.05) is 25.5 Å². The zero-order valence-corrected chi connectivity index (χ0v) is 26.7. The van der Waals surface area contributed by atoms with Crippen molar-refractivity contribution < 1.29 is 4.79 Å². The van der Waals surface area contributed by atoms with Crippen molar-refractivity contribution in [2.75, 3.05) is 0 Å². The number of carbonyl (C=O) groups is 1. The number of piperidine rings is 1. The molecule has 2 aromatic carbocycles. The van der Waals surface area contributed by atoms with E-state index < -0.39 is 0 Å². The average molecular weight is 575 g/mol. The molecular weight excluding hydrogens is 528 g/mol. The van der Waals surface area contributed by atoms with Crippen LogP contribution in [0.15, 0.2) is 73.1 Å². The largest absolute Gasteiger partial charge is 0.351 e. The average Bonchev–Trinajstić information content (AvgIpc) is 2.99. The van der Waals surface area contributed by atoms with Crippen molar-refractivity contribution in [2.24, 2.45) is 0 Å². The predicted molar refractivity (Wildman–Crippen MR) is 175 cm³/mol. The maximum absolute atomic E-state index is 13.1. The van der Waals surface area contributed by atoms with Gasteiger partial charge < -0.3 is 5.32 Å². The summed E-state index contributed by atoms with van der Waals surface area (Å²) in [6.07, 6.45) is 8.11. The monoisotopic (exact) mass is 574 g/mol. The number of amides is 1. The van der Waals surface area contributed by atoms with E-state index in [0.29, 0.717) is 6.54 Å². The van der Waals surface area contributed by atoms with E-state index in [4.69, 9.17) is 9.97 Å². The van der Waals surface area contributed by atoms with Gasteiger partial charge in [-0.1, -0.05) is 67.6 Å². The molecule has 0 saturated carbocycles. The number of carbonyl (C=O) groups excluding carboxylic acids is 1. The second-order valence-corrected chi connectivity index (χ2v) is 12.4. The van der Waals surface area contributed by atoms with E-state index >= 15 is 0 Å². The number of nitrogens with one attached hydrogen (secondary N) is 1. The molecule has 5 heteroatoms. The molecule has 1 N–H and O–H groups in total. The fourth-order valence-electron chi connectivity index (χ4n) is 6.82. The SMILES string of the molecule is CCC(C(=O)NCc1ccc(CN2C(c3ncc(C)cc3C)CCCC2c2ncc(C)cc2C)c(C)c1)c1ccccc1. The van der Waals surface area contributed by atoms with Gasteiger partial charge in [-0.2, -0.15) is 0 Å². The number of benzene rings is 2. The van der Waals surface area contributed by atoms with Crippen LogP contribution >= 0.6 is 0 Å². The zero-order chi connectivity index (χ0) is 30.5. The van der Waals surface area contributed by atoms with Gasteiger partial charge in [0.1, 0.15) is 0 Å². The first-order chi connectivity index (χ1) is 20.7. The van der Waals surface area contributed by atoms with E-state index in [1.165, 1.54) is 44.8 Å². The van der Waals surface area contributed by atoms with Crippen molar-refractivity contribution in [3.05, 3.63) is 129 Å². The molecule has 1 aliphatic rings. The number of hydrogen-bond donors (Lipinski definition) is 1. The molecule has 1 saturated heterocycles. The molecule has 3 atom stereocenters. The summed E-state index contributed by atoms with van der Waals surface area (Å²) in [5.74, 6) is -0.0522. The van der Waals surface area contributed by atoms with Crippen LogP contribution in [0.4, 0.5) is 0 Å². The fraction of sp³-hybridized carbons (Fsp3) is 0.395. The van der Waals surface area contributed by atoms with E-state index in [9.17, 15) is 4.79 Å². The van der Waals surface area contributed by atoms with Crippen molar-refractivity contribution in [1.82, 2.24) is 20.2 Å². The van der Waals surface area contributed by atoms with Crippen molar-refractivity contribution >= 4 is 5.91 Å². The predicted octanol–water partition coefficient (Wildman–Crippen LogP) is 8.30. The van der Waals surface area contributed by atoms with Crippen LogP contribution in [0.2, 0.25) is 0 Å². The maximum atomic E-state index is 13.1. The maximum Gasteiger partial charge on any atom is 0.227 e. The highest BCUT2D eigenvalue weighted by Crippen LogP contribution is 2.43. The highest BCUT2D eigenvalue weighted by Gasteiger charge is 2.35. The van der Waals surface area contributed by atoms with Gasteiger partial charge in [0.15, 0.2) is 0 Å². The topological polar surface area (TPSA) is 58.1 Å². The Morgan fingerprint density at radius 3 is 1.98 bits per heavy atom. The highest BCUT2D eigenvalue weighted by molar-refractivity contribution is 5.83. The Labute approximate surface area is 257 Å². The van der Waals surface area contributed by atoms with Gasteiger partial charge in [0.25, 0.3) is 0 Å². The molecule has 224 valence electrons. The third kappa shape index (κ3) is 7.05. The summed E-state index contributed by atoms with van der Waals surface area (Å²) in [4.78, 5) is 25.7. The number of aromatic nitrogens is 2. The summed E-state index contributed by atoms with van der Waals surface area (Å²) >= 11 is 0. The molecule has 0 spiro atoms. The summed E-state index contributed by atoms with van der Waals surface area (Å²) in [5.41, 5.74) is 12.0.